The van der Waals surface area contributed by atoms with Crippen LogP contribution >= 0.6 is 0 Å². The van der Waals surface area contributed by atoms with Crippen LogP contribution in [0.2, 0.25) is 0 Å². The molecule has 1 aromatic carbocycles. The predicted molar refractivity (Wildman–Crippen MR) is 92.6 cm³/mol. The highest BCUT2D eigenvalue weighted by molar-refractivity contribution is 5.25. The van der Waals surface area contributed by atoms with E-state index >= 15 is 0 Å². The summed E-state index contributed by atoms with van der Waals surface area (Å²) >= 11 is 0. The molecule has 1 aliphatic carbocycles. The molecule has 2 aliphatic rings. The number of benzene rings is 1. The summed E-state index contributed by atoms with van der Waals surface area (Å²) in [5.74, 6) is 0. The third kappa shape index (κ3) is 4.10. The summed E-state index contributed by atoms with van der Waals surface area (Å²) < 4.78 is 0. The van der Waals surface area contributed by atoms with Gasteiger partial charge in [0, 0.05) is 5.54 Å². The number of hydrogen-bond acceptors (Lipinski definition) is 1. The Bertz CT molecular complexity index is 372. The maximum Gasteiger partial charge on any atom is 0.0460 e. The van der Waals surface area contributed by atoms with Crippen LogP contribution in [-0.4, -0.2) is 18.0 Å². The lowest BCUT2D eigenvalue weighted by Gasteiger charge is -2.48. The van der Waals surface area contributed by atoms with Gasteiger partial charge in [-0.1, -0.05) is 76.3 Å². The smallest absolute Gasteiger partial charge is 0.0460 e. The predicted octanol–water partition coefficient (Wildman–Crippen LogP) is 5.75. The monoisotopic (exact) mass is 287 g/mol. The molecular formula is C20H33N. The fraction of sp³-hybridized carbons (Fsp3) is 0.700. The summed E-state index contributed by atoms with van der Waals surface area (Å²) in [4.78, 5) is 2.81. The highest BCUT2D eigenvalue weighted by Gasteiger charge is 2.39. The molecule has 1 nitrogen and oxygen atoms in total. The number of piperidine rings is 1. The van der Waals surface area contributed by atoms with Gasteiger partial charge >= 0.3 is 0 Å². The van der Waals surface area contributed by atoms with E-state index in [0.29, 0.717) is 5.54 Å². The van der Waals surface area contributed by atoms with E-state index < -0.39 is 0 Å². The molecule has 0 spiro atoms. The molecule has 21 heavy (non-hydrogen) atoms. The number of nitrogens with zero attached hydrogens (tertiary/aromatic N) is 1. The average molecular weight is 287 g/mol. The second-order valence-electron chi connectivity index (χ2n) is 6.71. The van der Waals surface area contributed by atoms with Crippen molar-refractivity contribution in [2.75, 3.05) is 13.1 Å². The van der Waals surface area contributed by atoms with Crippen LogP contribution in [0.1, 0.15) is 77.2 Å². The maximum atomic E-state index is 2.81. The van der Waals surface area contributed by atoms with Crippen LogP contribution in [0.25, 0.3) is 0 Å². The fourth-order valence-electron chi connectivity index (χ4n) is 3.99. The van der Waals surface area contributed by atoms with E-state index in [1.807, 2.05) is 0 Å². The van der Waals surface area contributed by atoms with E-state index in [2.05, 4.69) is 49.1 Å². The van der Waals surface area contributed by atoms with Gasteiger partial charge in [0.25, 0.3) is 0 Å². The van der Waals surface area contributed by atoms with Crippen molar-refractivity contribution in [2.24, 2.45) is 0 Å². The molecule has 0 atom stereocenters. The van der Waals surface area contributed by atoms with Gasteiger partial charge < -0.3 is 0 Å². The van der Waals surface area contributed by atoms with Gasteiger partial charge in [-0.15, -0.1) is 0 Å². The lowest BCUT2D eigenvalue weighted by atomic mass is 9.74. The summed E-state index contributed by atoms with van der Waals surface area (Å²) in [5, 5.41) is 0. The molecule has 0 amide bonds. The first-order valence-corrected chi connectivity index (χ1v) is 9.14. The SMILES string of the molecule is CCC.c1ccc(C2(N3CCCCC3)CCCCC2)cc1. The first kappa shape index (κ1) is 16.5. The standard InChI is InChI=1S/C17H25N.C3H8/c1-4-10-16(11-5-1)17(12-6-2-7-13-17)18-14-8-3-9-15-18;1-3-2/h1,4-5,10-11H,2-3,6-9,12-15H2;3H2,1-2H3. The lowest BCUT2D eigenvalue weighted by Crippen LogP contribution is -2.49. The molecule has 1 saturated heterocycles. The number of likely N-dealkylation sites (tertiary alicyclic amines) is 1. The van der Waals surface area contributed by atoms with E-state index in [4.69, 9.17) is 0 Å². The molecule has 3 rings (SSSR count). The summed E-state index contributed by atoms with van der Waals surface area (Å²) in [6, 6.07) is 11.3. The van der Waals surface area contributed by atoms with Gasteiger partial charge in [-0.25, -0.2) is 0 Å². The zero-order chi connectivity index (χ0) is 15.0. The van der Waals surface area contributed by atoms with Crippen molar-refractivity contribution in [2.45, 2.75) is 77.2 Å². The molecule has 118 valence electrons. The minimum atomic E-state index is 0.375. The van der Waals surface area contributed by atoms with E-state index in [1.165, 1.54) is 70.9 Å². The average Bonchev–Trinajstić information content (AvgIpc) is 2.58. The molecule has 2 fully saturated rings. The molecule has 1 saturated carbocycles. The van der Waals surface area contributed by atoms with Crippen molar-refractivity contribution in [1.82, 2.24) is 4.90 Å². The molecule has 0 unspecified atom stereocenters. The molecule has 0 bridgehead atoms. The van der Waals surface area contributed by atoms with Crippen molar-refractivity contribution in [3.8, 4) is 0 Å². The second kappa shape index (κ2) is 8.58. The van der Waals surface area contributed by atoms with Crippen molar-refractivity contribution >= 4 is 0 Å². The molecule has 1 aromatic rings. The van der Waals surface area contributed by atoms with E-state index in [-0.39, 0.29) is 0 Å². The Balaban J connectivity index is 0.000000497. The van der Waals surface area contributed by atoms with Gasteiger partial charge in [0.1, 0.15) is 0 Å². The Hall–Kier alpha value is -0.820. The van der Waals surface area contributed by atoms with Crippen LogP contribution in [0.4, 0.5) is 0 Å². The number of hydrogen-bond donors (Lipinski definition) is 0. The Labute approximate surface area is 131 Å². The van der Waals surface area contributed by atoms with Crippen LogP contribution in [0.3, 0.4) is 0 Å². The zero-order valence-corrected chi connectivity index (χ0v) is 14.1. The molecule has 0 radical (unpaired) electrons. The third-order valence-corrected chi connectivity index (χ3v) is 4.95. The molecule has 0 aromatic heterocycles. The quantitative estimate of drug-likeness (QED) is 0.669. The summed E-state index contributed by atoms with van der Waals surface area (Å²) in [5.41, 5.74) is 1.95. The first-order chi connectivity index (χ1) is 10.3. The van der Waals surface area contributed by atoms with Crippen molar-refractivity contribution < 1.29 is 0 Å². The highest BCUT2D eigenvalue weighted by Crippen LogP contribution is 2.43. The molecule has 1 heterocycles. The Kier molecular flexibility index (Phi) is 6.76. The highest BCUT2D eigenvalue weighted by atomic mass is 15.2. The molecule has 1 heteroatoms. The molecule has 1 aliphatic heterocycles. The first-order valence-electron chi connectivity index (χ1n) is 9.14. The second-order valence-corrected chi connectivity index (χ2v) is 6.71. The Morgan fingerprint density at radius 1 is 0.810 bits per heavy atom. The topological polar surface area (TPSA) is 3.24 Å². The Morgan fingerprint density at radius 2 is 1.33 bits per heavy atom. The van der Waals surface area contributed by atoms with Crippen LogP contribution < -0.4 is 0 Å². The zero-order valence-electron chi connectivity index (χ0n) is 14.1. The summed E-state index contributed by atoms with van der Waals surface area (Å²) in [6.45, 7) is 6.88. The van der Waals surface area contributed by atoms with E-state index in [1.54, 1.807) is 5.56 Å². The normalized spacial score (nSPS) is 22.2. The minimum absolute atomic E-state index is 0.375. The van der Waals surface area contributed by atoms with Gasteiger partial charge in [-0.3, -0.25) is 4.90 Å². The molecule has 0 N–H and O–H groups in total. The summed E-state index contributed by atoms with van der Waals surface area (Å²) in [7, 11) is 0. The van der Waals surface area contributed by atoms with Gasteiger partial charge in [0.2, 0.25) is 0 Å². The molecular weight excluding hydrogens is 254 g/mol. The maximum absolute atomic E-state index is 2.81. The minimum Gasteiger partial charge on any atom is -0.294 e. The van der Waals surface area contributed by atoms with Crippen LogP contribution in [-0.2, 0) is 5.54 Å². The van der Waals surface area contributed by atoms with Gasteiger partial charge in [-0.2, -0.15) is 0 Å². The van der Waals surface area contributed by atoms with Gasteiger partial charge in [0.15, 0.2) is 0 Å². The number of rotatable bonds is 2. The van der Waals surface area contributed by atoms with Gasteiger partial charge in [-0.05, 0) is 44.3 Å². The van der Waals surface area contributed by atoms with Crippen molar-refractivity contribution in [1.29, 1.82) is 0 Å². The van der Waals surface area contributed by atoms with Crippen molar-refractivity contribution in [3.05, 3.63) is 35.9 Å². The Morgan fingerprint density at radius 3 is 1.90 bits per heavy atom. The fourth-order valence-corrected chi connectivity index (χ4v) is 3.99. The summed E-state index contributed by atoms with van der Waals surface area (Å²) in [6.07, 6.45) is 12.5. The van der Waals surface area contributed by atoms with E-state index in [9.17, 15) is 0 Å². The largest absolute Gasteiger partial charge is 0.294 e. The van der Waals surface area contributed by atoms with E-state index in [0.717, 1.165) is 0 Å². The van der Waals surface area contributed by atoms with Crippen LogP contribution in [0.15, 0.2) is 30.3 Å². The van der Waals surface area contributed by atoms with Crippen LogP contribution in [0.5, 0.6) is 0 Å². The van der Waals surface area contributed by atoms with Gasteiger partial charge in [0.05, 0.1) is 0 Å². The van der Waals surface area contributed by atoms with Crippen LogP contribution in [0, 0.1) is 0 Å². The lowest BCUT2D eigenvalue weighted by molar-refractivity contribution is 0.0303. The van der Waals surface area contributed by atoms with Crippen molar-refractivity contribution in [3.63, 3.8) is 0 Å². The third-order valence-electron chi connectivity index (χ3n) is 4.95.